The van der Waals surface area contributed by atoms with Crippen LogP contribution in [0.2, 0.25) is 0 Å². The van der Waals surface area contributed by atoms with Gasteiger partial charge in [0.25, 0.3) is 6.01 Å². The molecule has 32 heavy (non-hydrogen) atoms. The molecule has 9 nitrogen and oxygen atoms in total. The number of nitrogens with one attached hydrogen (secondary N) is 1. The molecule has 3 fully saturated rings. The van der Waals surface area contributed by atoms with Gasteiger partial charge in [-0.25, -0.2) is 4.39 Å². The zero-order chi connectivity index (χ0) is 21.7. The smallest absolute Gasteiger partial charge is 0.295 e. The molecule has 3 aliphatic rings. The van der Waals surface area contributed by atoms with Gasteiger partial charge >= 0.3 is 0 Å². The summed E-state index contributed by atoms with van der Waals surface area (Å²) in [6.45, 7) is 3.53. The second-order valence-electron chi connectivity index (χ2n) is 8.21. The highest BCUT2D eigenvalue weighted by Crippen LogP contribution is 2.31. The van der Waals surface area contributed by atoms with Crippen molar-refractivity contribution in [2.24, 2.45) is 0 Å². The number of anilines is 1. The lowest BCUT2D eigenvalue weighted by atomic mass is 10.1. The first-order chi connectivity index (χ1) is 15.7. The Morgan fingerprint density at radius 1 is 1.12 bits per heavy atom. The Hall–Kier alpha value is -2.79. The van der Waals surface area contributed by atoms with Crippen molar-refractivity contribution in [3.05, 3.63) is 36.3 Å². The molecule has 0 saturated carbocycles. The summed E-state index contributed by atoms with van der Waals surface area (Å²) in [6.07, 6.45) is -0.0188. The lowest BCUT2D eigenvalue weighted by Gasteiger charge is -2.28. The molecule has 4 atom stereocenters. The number of hydrogen-bond donors (Lipinski definition) is 2. The maximum Gasteiger partial charge on any atom is 0.295 e. The molecule has 3 aromatic rings. The van der Waals surface area contributed by atoms with Gasteiger partial charge in [0.1, 0.15) is 24.1 Å². The Labute approximate surface area is 183 Å². The Balaban J connectivity index is 1.23. The van der Waals surface area contributed by atoms with Crippen LogP contribution in [0, 0.1) is 5.82 Å². The molecule has 0 bridgehead atoms. The molecule has 168 valence electrons. The molecule has 5 heterocycles. The maximum atomic E-state index is 14.9. The van der Waals surface area contributed by atoms with E-state index in [0.29, 0.717) is 42.1 Å². The first kappa shape index (κ1) is 19.9. The molecule has 3 saturated heterocycles. The fourth-order valence-corrected chi connectivity index (χ4v) is 4.50. The minimum absolute atomic E-state index is 0.223. The lowest BCUT2D eigenvalue weighted by Crippen LogP contribution is -2.36. The van der Waals surface area contributed by atoms with Crippen molar-refractivity contribution >= 4 is 16.7 Å². The third-order valence-corrected chi connectivity index (χ3v) is 6.19. The van der Waals surface area contributed by atoms with Crippen LogP contribution in [0.3, 0.4) is 0 Å². The number of aromatic nitrogens is 3. The fraction of sp³-hybridized carbons (Fsp3) is 0.455. The third kappa shape index (κ3) is 3.49. The minimum Gasteiger partial charge on any atom is -0.456 e. The van der Waals surface area contributed by atoms with E-state index in [4.69, 9.17) is 18.9 Å². The SMILES string of the molecule is O[C@@H]1CO[C@H]2[C@@H]1OC[C@H]2Oc1nc2cc(-c3ccc(N4CCOCC4)cn3)c(F)cc2[nH]1. The van der Waals surface area contributed by atoms with E-state index in [1.54, 1.807) is 12.3 Å². The van der Waals surface area contributed by atoms with Crippen LogP contribution >= 0.6 is 0 Å². The predicted octanol–water partition coefficient (Wildman–Crippen LogP) is 1.51. The number of aromatic amines is 1. The Morgan fingerprint density at radius 2 is 1.97 bits per heavy atom. The summed E-state index contributed by atoms with van der Waals surface area (Å²) in [6, 6.07) is 7.08. The zero-order valence-corrected chi connectivity index (χ0v) is 17.2. The van der Waals surface area contributed by atoms with E-state index in [1.165, 1.54) is 6.07 Å². The molecular weight excluding hydrogens is 419 g/mol. The highest BCUT2D eigenvalue weighted by atomic mass is 19.1. The molecule has 0 spiro atoms. The van der Waals surface area contributed by atoms with E-state index in [-0.39, 0.29) is 24.8 Å². The number of H-pyrrole nitrogens is 1. The van der Waals surface area contributed by atoms with Gasteiger partial charge in [-0.15, -0.1) is 0 Å². The average Bonchev–Trinajstić information content (AvgIpc) is 3.51. The largest absolute Gasteiger partial charge is 0.456 e. The summed E-state index contributed by atoms with van der Waals surface area (Å²) in [5, 5.41) is 9.87. The van der Waals surface area contributed by atoms with Crippen molar-refractivity contribution in [3.63, 3.8) is 0 Å². The van der Waals surface area contributed by atoms with Gasteiger partial charge in [0.15, 0.2) is 6.10 Å². The van der Waals surface area contributed by atoms with Gasteiger partial charge in [-0.3, -0.25) is 4.98 Å². The van der Waals surface area contributed by atoms with Gasteiger partial charge in [-0.05, 0) is 18.2 Å². The minimum atomic E-state index is -0.650. The van der Waals surface area contributed by atoms with Crippen LogP contribution in [-0.2, 0) is 14.2 Å². The quantitative estimate of drug-likeness (QED) is 0.627. The number of fused-ring (bicyclic) bond motifs is 2. The molecule has 2 N–H and O–H groups in total. The van der Waals surface area contributed by atoms with Crippen molar-refractivity contribution in [1.82, 2.24) is 15.0 Å². The van der Waals surface area contributed by atoms with E-state index in [0.717, 1.165) is 18.8 Å². The van der Waals surface area contributed by atoms with Crippen molar-refractivity contribution in [2.75, 3.05) is 44.4 Å². The van der Waals surface area contributed by atoms with Gasteiger partial charge in [0.05, 0.1) is 55.0 Å². The summed E-state index contributed by atoms with van der Waals surface area (Å²) < 4.78 is 37.3. The first-order valence-corrected chi connectivity index (χ1v) is 10.7. The molecule has 3 aliphatic heterocycles. The van der Waals surface area contributed by atoms with Gasteiger partial charge in [-0.1, -0.05) is 0 Å². The normalized spacial score (nSPS) is 27.8. The number of pyridine rings is 1. The van der Waals surface area contributed by atoms with Crippen LogP contribution in [0.1, 0.15) is 0 Å². The summed E-state index contributed by atoms with van der Waals surface area (Å²) >= 11 is 0. The number of aliphatic hydroxyl groups excluding tert-OH is 1. The van der Waals surface area contributed by atoms with Gasteiger partial charge < -0.3 is 33.9 Å². The number of ether oxygens (including phenoxy) is 4. The average molecular weight is 442 g/mol. The molecule has 1 aromatic carbocycles. The Morgan fingerprint density at radius 3 is 2.78 bits per heavy atom. The van der Waals surface area contributed by atoms with Gasteiger partial charge in [0.2, 0.25) is 0 Å². The topological polar surface area (TPSA) is 102 Å². The van der Waals surface area contributed by atoms with Gasteiger partial charge in [0, 0.05) is 24.7 Å². The van der Waals surface area contributed by atoms with Crippen LogP contribution in [0.4, 0.5) is 10.1 Å². The summed E-state index contributed by atoms with van der Waals surface area (Å²) in [7, 11) is 0. The number of morpholine rings is 1. The standard InChI is InChI=1S/C22H23FN4O5/c23-14-8-17-16(25-22(26-17)32-19-11-31-20-18(28)10-30-21(19)20)7-13(14)15-2-1-12(9-24-15)27-3-5-29-6-4-27/h1-2,7-9,18-21,28H,3-6,10-11H2,(H,25,26)/t18-,19-,20-,21-/m1/s1. The molecule has 0 amide bonds. The van der Waals surface area contributed by atoms with E-state index in [2.05, 4.69) is 19.9 Å². The van der Waals surface area contributed by atoms with Crippen LogP contribution in [0.5, 0.6) is 6.01 Å². The monoisotopic (exact) mass is 442 g/mol. The van der Waals surface area contributed by atoms with Crippen molar-refractivity contribution in [3.8, 4) is 17.3 Å². The van der Waals surface area contributed by atoms with Crippen molar-refractivity contribution < 1.29 is 28.4 Å². The Bertz CT molecular complexity index is 1120. The van der Waals surface area contributed by atoms with Crippen LogP contribution in [0.15, 0.2) is 30.5 Å². The first-order valence-electron chi connectivity index (χ1n) is 10.7. The highest BCUT2D eigenvalue weighted by Gasteiger charge is 2.48. The zero-order valence-electron chi connectivity index (χ0n) is 17.2. The summed E-state index contributed by atoms with van der Waals surface area (Å²) in [5.41, 5.74) is 2.99. The lowest BCUT2D eigenvalue weighted by molar-refractivity contribution is 0.00706. The molecule has 0 radical (unpaired) electrons. The predicted molar refractivity (Wildman–Crippen MR) is 112 cm³/mol. The molecule has 2 aromatic heterocycles. The molecule has 0 unspecified atom stereocenters. The van der Waals surface area contributed by atoms with Gasteiger partial charge in [-0.2, -0.15) is 4.98 Å². The van der Waals surface area contributed by atoms with Crippen molar-refractivity contribution in [2.45, 2.75) is 24.4 Å². The number of aliphatic hydroxyl groups is 1. The molecule has 0 aliphatic carbocycles. The van der Waals surface area contributed by atoms with E-state index < -0.39 is 18.0 Å². The van der Waals surface area contributed by atoms with E-state index >= 15 is 0 Å². The van der Waals surface area contributed by atoms with E-state index in [9.17, 15) is 9.50 Å². The van der Waals surface area contributed by atoms with E-state index in [1.807, 2.05) is 12.1 Å². The number of imidazole rings is 1. The van der Waals surface area contributed by atoms with Crippen LogP contribution in [-0.4, -0.2) is 84.0 Å². The fourth-order valence-electron chi connectivity index (χ4n) is 4.50. The highest BCUT2D eigenvalue weighted by molar-refractivity contribution is 5.82. The number of rotatable bonds is 4. The number of halogens is 1. The second-order valence-corrected chi connectivity index (χ2v) is 8.21. The molecule has 10 heteroatoms. The number of nitrogens with zero attached hydrogens (tertiary/aromatic N) is 3. The second kappa shape index (κ2) is 7.96. The molecular formula is C22H23FN4O5. The van der Waals surface area contributed by atoms with Crippen LogP contribution in [0.25, 0.3) is 22.3 Å². The number of hydrogen-bond acceptors (Lipinski definition) is 8. The molecule has 6 rings (SSSR count). The van der Waals surface area contributed by atoms with Crippen molar-refractivity contribution in [1.29, 1.82) is 0 Å². The Kier molecular flexibility index (Phi) is 4.94. The summed E-state index contributed by atoms with van der Waals surface area (Å²) in [5.74, 6) is -0.397. The van der Waals surface area contributed by atoms with Crippen LogP contribution < -0.4 is 9.64 Å². The number of benzene rings is 1. The summed E-state index contributed by atoms with van der Waals surface area (Å²) in [4.78, 5) is 14.1. The third-order valence-electron chi connectivity index (χ3n) is 6.19. The maximum absolute atomic E-state index is 14.9.